The molecule has 0 aromatic rings. The molecule has 0 spiro atoms. The minimum Gasteiger partial charge on any atom is -0.481 e. The van der Waals surface area contributed by atoms with E-state index in [4.69, 9.17) is 9.84 Å². The lowest BCUT2D eigenvalue weighted by molar-refractivity contribution is 0.0393. The second kappa shape index (κ2) is 4.24. The maximum atomic E-state index is 8.53. The summed E-state index contributed by atoms with van der Waals surface area (Å²) in [7, 11) is 0. The Bertz CT molecular complexity index is 88.9. The van der Waals surface area contributed by atoms with Crippen LogP contribution in [0.4, 0.5) is 0 Å². The van der Waals surface area contributed by atoms with Crippen LogP contribution in [-0.2, 0) is 4.74 Å². The maximum Gasteiger partial charge on any atom is 0.269 e. The molecule has 1 unspecified atom stereocenters. The van der Waals surface area contributed by atoms with Gasteiger partial charge in [-0.05, 0) is 19.9 Å². The van der Waals surface area contributed by atoms with Crippen molar-refractivity contribution in [1.82, 2.24) is 0 Å². The van der Waals surface area contributed by atoms with Crippen LogP contribution >= 0.6 is 0 Å². The van der Waals surface area contributed by atoms with Gasteiger partial charge in [0, 0.05) is 0 Å². The Morgan fingerprint density at radius 2 is 2.33 bits per heavy atom. The van der Waals surface area contributed by atoms with E-state index in [0.29, 0.717) is 0 Å². The highest BCUT2D eigenvalue weighted by molar-refractivity contribution is 4.65. The molecule has 0 aromatic heterocycles. The van der Waals surface area contributed by atoms with Crippen molar-refractivity contribution in [1.29, 1.82) is 0 Å². The minimum absolute atomic E-state index is 0.0903. The standard InChI is InChI=1S/C7H14O2/c1-4-5-6(2)9-7(3)8/h6,8H,3-5H2,1-2H3. The predicted molar refractivity (Wildman–Crippen MR) is 37.2 cm³/mol. The molecule has 0 aliphatic rings. The van der Waals surface area contributed by atoms with Crippen LogP contribution in [-0.4, -0.2) is 11.2 Å². The van der Waals surface area contributed by atoms with Gasteiger partial charge in [-0.15, -0.1) is 0 Å². The second-order valence-corrected chi connectivity index (χ2v) is 2.11. The van der Waals surface area contributed by atoms with Gasteiger partial charge in [-0.3, -0.25) is 0 Å². The van der Waals surface area contributed by atoms with Crippen LogP contribution < -0.4 is 0 Å². The molecular formula is C7H14O2. The zero-order chi connectivity index (χ0) is 7.28. The third kappa shape index (κ3) is 5.21. The van der Waals surface area contributed by atoms with Crippen molar-refractivity contribution in [2.24, 2.45) is 0 Å². The number of aliphatic hydroxyl groups is 1. The number of hydrogen-bond donors (Lipinski definition) is 1. The monoisotopic (exact) mass is 130 g/mol. The molecule has 2 heteroatoms. The number of ether oxygens (including phenoxy) is 1. The first-order valence-electron chi connectivity index (χ1n) is 3.21. The van der Waals surface area contributed by atoms with Crippen LogP contribution in [0.15, 0.2) is 12.5 Å². The van der Waals surface area contributed by atoms with Crippen molar-refractivity contribution in [2.75, 3.05) is 0 Å². The molecular weight excluding hydrogens is 116 g/mol. The van der Waals surface area contributed by atoms with Crippen LogP contribution in [0.1, 0.15) is 26.7 Å². The van der Waals surface area contributed by atoms with E-state index in [1.165, 1.54) is 0 Å². The van der Waals surface area contributed by atoms with E-state index < -0.39 is 0 Å². The van der Waals surface area contributed by atoms with Crippen LogP contribution in [0, 0.1) is 0 Å². The van der Waals surface area contributed by atoms with Gasteiger partial charge in [0.05, 0.1) is 6.10 Å². The molecule has 0 aromatic carbocycles. The summed E-state index contributed by atoms with van der Waals surface area (Å²) in [5.74, 6) is -0.184. The smallest absolute Gasteiger partial charge is 0.269 e. The fourth-order valence-corrected chi connectivity index (χ4v) is 0.698. The molecule has 54 valence electrons. The third-order valence-electron chi connectivity index (χ3n) is 1.03. The summed E-state index contributed by atoms with van der Waals surface area (Å²) >= 11 is 0. The molecule has 0 amide bonds. The predicted octanol–water partition coefficient (Wildman–Crippen LogP) is 2.22. The van der Waals surface area contributed by atoms with Crippen LogP contribution in [0.3, 0.4) is 0 Å². The molecule has 0 aliphatic carbocycles. The van der Waals surface area contributed by atoms with Gasteiger partial charge < -0.3 is 9.84 Å². The first-order valence-corrected chi connectivity index (χ1v) is 3.21. The lowest BCUT2D eigenvalue weighted by atomic mass is 10.2. The van der Waals surface area contributed by atoms with E-state index in [1.807, 2.05) is 6.92 Å². The number of aliphatic hydroxyl groups excluding tert-OH is 1. The first-order chi connectivity index (χ1) is 4.16. The fraction of sp³-hybridized carbons (Fsp3) is 0.714. The molecule has 0 aliphatic heterocycles. The Labute approximate surface area is 56.1 Å². The summed E-state index contributed by atoms with van der Waals surface area (Å²) in [5, 5.41) is 8.53. The molecule has 0 saturated carbocycles. The Morgan fingerprint density at radius 3 is 2.67 bits per heavy atom. The van der Waals surface area contributed by atoms with E-state index in [2.05, 4.69) is 13.5 Å². The van der Waals surface area contributed by atoms with E-state index in [1.54, 1.807) is 0 Å². The second-order valence-electron chi connectivity index (χ2n) is 2.11. The van der Waals surface area contributed by atoms with Crippen LogP contribution in [0.25, 0.3) is 0 Å². The molecule has 9 heavy (non-hydrogen) atoms. The van der Waals surface area contributed by atoms with E-state index in [-0.39, 0.29) is 12.0 Å². The Kier molecular flexibility index (Phi) is 3.93. The normalized spacial score (nSPS) is 12.7. The Morgan fingerprint density at radius 1 is 1.78 bits per heavy atom. The summed E-state index contributed by atoms with van der Waals surface area (Å²) < 4.78 is 4.85. The quantitative estimate of drug-likeness (QED) is 0.591. The van der Waals surface area contributed by atoms with Crippen LogP contribution in [0.5, 0.6) is 0 Å². The average molecular weight is 130 g/mol. The molecule has 1 N–H and O–H groups in total. The number of hydrogen-bond acceptors (Lipinski definition) is 2. The lowest BCUT2D eigenvalue weighted by Crippen LogP contribution is -2.05. The summed E-state index contributed by atoms with van der Waals surface area (Å²) in [6, 6.07) is 0. The SMILES string of the molecule is C=C(O)OC(C)CCC. The lowest BCUT2D eigenvalue weighted by Gasteiger charge is -2.10. The van der Waals surface area contributed by atoms with Crippen molar-refractivity contribution in [3.05, 3.63) is 12.5 Å². The minimum atomic E-state index is -0.184. The van der Waals surface area contributed by atoms with E-state index >= 15 is 0 Å². The van der Waals surface area contributed by atoms with Crippen molar-refractivity contribution < 1.29 is 9.84 Å². The zero-order valence-corrected chi connectivity index (χ0v) is 6.05. The molecule has 1 atom stereocenters. The molecule has 0 rings (SSSR count). The van der Waals surface area contributed by atoms with Gasteiger partial charge in [0.15, 0.2) is 0 Å². The summed E-state index contributed by atoms with van der Waals surface area (Å²) in [4.78, 5) is 0. The largest absolute Gasteiger partial charge is 0.481 e. The molecule has 0 saturated heterocycles. The molecule has 0 radical (unpaired) electrons. The highest BCUT2D eigenvalue weighted by Gasteiger charge is 1.99. The average Bonchev–Trinajstić information content (AvgIpc) is 1.63. The Hall–Kier alpha value is -0.660. The van der Waals surface area contributed by atoms with Crippen molar-refractivity contribution in [3.63, 3.8) is 0 Å². The van der Waals surface area contributed by atoms with Gasteiger partial charge in [0.1, 0.15) is 0 Å². The zero-order valence-electron chi connectivity index (χ0n) is 6.05. The van der Waals surface area contributed by atoms with E-state index in [9.17, 15) is 0 Å². The molecule has 0 heterocycles. The van der Waals surface area contributed by atoms with Gasteiger partial charge in [-0.1, -0.05) is 13.3 Å². The number of rotatable bonds is 4. The topological polar surface area (TPSA) is 29.5 Å². The van der Waals surface area contributed by atoms with Gasteiger partial charge in [0.25, 0.3) is 5.95 Å². The molecule has 2 nitrogen and oxygen atoms in total. The summed E-state index contributed by atoms with van der Waals surface area (Å²) in [6.45, 7) is 7.19. The maximum absolute atomic E-state index is 8.53. The van der Waals surface area contributed by atoms with Crippen molar-refractivity contribution in [3.8, 4) is 0 Å². The first kappa shape index (κ1) is 8.34. The summed E-state index contributed by atoms with van der Waals surface area (Å²) in [5.41, 5.74) is 0. The van der Waals surface area contributed by atoms with E-state index in [0.717, 1.165) is 12.8 Å². The highest BCUT2D eigenvalue weighted by atomic mass is 16.6. The van der Waals surface area contributed by atoms with Gasteiger partial charge in [-0.2, -0.15) is 0 Å². The van der Waals surface area contributed by atoms with Gasteiger partial charge >= 0.3 is 0 Å². The fourth-order valence-electron chi connectivity index (χ4n) is 0.698. The van der Waals surface area contributed by atoms with Gasteiger partial charge in [-0.25, -0.2) is 0 Å². The third-order valence-corrected chi connectivity index (χ3v) is 1.03. The molecule has 0 bridgehead atoms. The van der Waals surface area contributed by atoms with Crippen LogP contribution in [0.2, 0.25) is 0 Å². The highest BCUT2D eigenvalue weighted by Crippen LogP contribution is 2.03. The summed E-state index contributed by atoms with van der Waals surface area (Å²) in [6.07, 6.45) is 2.11. The van der Waals surface area contributed by atoms with Gasteiger partial charge in [0.2, 0.25) is 0 Å². The van der Waals surface area contributed by atoms with Crippen molar-refractivity contribution in [2.45, 2.75) is 32.8 Å². The molecule has 0 fully saturated rings. The van der Waals surface area contributed by atoms with Crippen molar-refractivity contribution >= 4 is 0 Å². The Balaban J connectivity index is 3.26.